The number of carbonyl (C=O) groups is 1. The zero-order valence-electron chi connectivity index (χ0n) is 10.1. The molecule has 1 heterocycles. The molecule has 1 atom stereocenters. The number of carboxylic acids is 1. The quantitative estimate of drug-likeness (QED) is 0.882. The number of rotatable bonds is 3. The second-order valence-electron chi connectivity index (χ2n) is 5.49. The van der Waals surface area contributed by atoms with Gasteiger partial charge in [0.15, 0.2) is 0 Å². The van der Waals surface area contributed by atoms with E-state index in [0.29, 0.717) is 5.92 Å². The summed E-state index contributed by atoms with van der Waals surface area (Å²) in [5, 5.41) is 10.4. The Kier molecular flexibility index (Phi) is 2.38. The van der Waals surface area contributed by atoms with Crippen LogP contribution in [0.25, 0.3) is 0 Å². The van der Waals surface area contributed by atoms with Gasteiger partial charge in [0.1, 0.15) is 5.41 Å². The van der Waals surface area contributed by atoms with Crippen molar-refractivity contribution in [1.29, 1.82) is 0 Å². The van der Waals surface area contributed by atoms with Gasteiger partial charge in [0.2, 0.25) is 0 Å². The van der Waals surface area contributed by atoms with Crippen LogP contribution in [-0.4, -0.2) is 16.1 Å². The van der Waals surface area contributed by atoms with E-state index in [4.69, 9.17) is 0 Å². The summed E-state index contributed by atoms with van der Waals surface area (Å²) in [6, 6.07) is 0. The maximum atomic E-state index is 11.5. The van der Waals surface area contributed by atoms with Crippen LogP contribution in [0.4, 0.5) is 0 Å². The molecular weight excluding hydrogens is 222 g/mol. The van der Waals surface area contributed by atoms with Gasteiger partial charge in [-0.05, 0) is 11.8 Å². The number of aliphatic carboxylic acids is 1. The molecule has 0 aromatic carbocycles. The summed E-state index contributed by atoms with van der Waals surface area (Å²) in [6.45, 7) is 8.17. The van der Waals surface area contributed by atoms with Gasteiger partial charge in [0.25, 0.3) is 0 Å². The summed E-state index contributed by atoms with van der Waals surface area (Å²) < 4.78 is 0. The van der Waals surface area contributed by atoms with Crippen molar-refractivity contribution in [2.45, 2.75) is 45.4 Å². The van der Waals surface area contributed by atoms with Crippen LogP contribution in [-0.2, 0) is 10.2 Å². The molecule has 0 amide bonds. The number of hydrogen-bond donors (Lipinski definition) is 1. The highest BCUT2D eigenvalue weighted by atomic mass is 32.1. The first-order valence-corrected chi connectivity index (χ1v) is 6.32. The highest BCUT2D eigenvalue weighted by molar-refractivity contribution is 7.12. The first-order valence-electron chi connectivity index (χ1n) is 5.51. The third-order valence-corrected chi connectivity index (χ3v) is 5.00. The van der Waals surface area contributed by atoms with E-state index >= 15 is 0 Å². The van der Waals surface area contributed by atoms with Gasteiger partial charge in [0, 0.05) is 17.0 Å². The maximum Gasteiger partial charge on any atom is 0.315 e. The van der Waals surface area contributed by atoms with Crippen molar-refractivity contribution < 1.29 is 9.90 Å². The van der Waals surface area contributed by atoms with E-state index in [9.17, 15) is 9.90 Å². The Balaban J connectivity index is 2.40. The van der Waals surface area contributed by atoms with Crippen molar-refractivity contribution in [2.75, 3.05) is 0 Å². The van der Waals surface area contributed by atoms with Crippen molar-refractivity contribution in [3.05, 3.63) is 16.1 Å². The fourth-order valence-electron chi connectivity index (χ4n) is 2.26. The Hall–Kier alpha value is -0.900. The van der Waals surface area contributed by atoms with Crippen molar-refractivity contribution in [3.8, 4) is 0 Å². The van der Waals surface area contributed by atoms with Crippen LogP contribution in [0.5, 0.6) is 0 Å². The molecule has 1 saturated carbocycles. The second kappa shape index (κ2) is 3.29. The molecule has 1 aromatic rings. The number of aromatic nitrogens is 1. The highest BCUT2D eigenvalue weighted by Crippen LogP contribution is 2.65. The predicted octanol–water partition coefficient (Wildman–Crippen LogP) is 3.02. The van der Waals surface area contributed by atoms with E-state index < -0.39 is 11.4 Å². The Labute approximate surface area is 99.5 Å². The molecule has 1 unspecified atom stereocenters. The summed E-state index contributed by atoms with van der Waals surface area (Å²) in [5.41, 5.74) is -0.822. The maximum absolute atomic E-state index is 11.5. The number of hydrogen-bond acceptors (Lipinski definition) is 3. The first kappa shape index (κ1) is 11.6. The summed E-state index contributed by atoms with van der Waals surface area (Å²) >= 11 is 1.55. The van der Waals surface area contributed by atoms with Gasteiger partial charge in [-0.25, -0.2) is 4.98 Å². The van der Waals surface area contributed by atoms with Gasteiger partial charge in [-0.3, -0.25) is 4.79 Å². The van der Waals surface area contributed by atoms with Crippen molar-refractivity contribution >= 4 is 17.3 Å². The van der Waals surface area contributed by atoms with Crippen LogP contribution in [0.15, 0.2) is 6.20 Å². The van der Waals surface area contributed by atoms with Gasteiger partial charge in [-0.15, -0.1) is 11.3 Å². The monoisotopic (exact) mass is 239 g/mol. The molecule has 3 nitrogen and oxygen atoms in total. The molecular formula is C12H17NO2S. The minimum Gasteiger partial charge on any atom is -0.481 e. The fourth-order valence-corrected chi connectivity index (χ4v) is 3.54. The van der Waals surface area contributed by atoms with Crippen LogP contribution in [0.2, 0.25) is 0 Å². The smallest absolute Gasteiger partial charge is 0.315 e. The van der Waals surface area contributed by atoms with Crippen LogP contribution in [0.3, 0.4) is 0 Å². The molecule has 0 bridgehead atoms. The number of nitrogens with zero attached hydrogens (tertiary/aromatic N) is 1. The van der Waals surface area contributed by atoms with Crippen LogP contribution in [0, 0.1) is 5.41 Å². The summed E-state index contributed by atoms with van der Waals surface area (Å²) in [7, 11) is 0. The average molecular weight is 239 g/mol. The molecule has 16 heavy (non-hydrogen) atoms. The Morgan fingerprint density at radius 1 is 1.56 bits per heavy atom. The minimum atomic E-state index is -0.712. The van der Waals surface area contributed by atoms with Crippen molar-refractivity contribution in [3.63, 3.8) is 0 Å². The van der Waals surface area contributed by atoms with Crippen molar-refractivity contribution in [2.24, 2.45) is 5.41 Å². The summed E-state index contributed by atoms with van der Waals surface area (Å²) in [5.74, 6) is -0.345. The van der Waals surface area contributed by atoms with Gasteiger partial charge in [-0.2, -0.15) is 0 Å². The van der Waals surface area contributed by atoms with Gasteiger partial charge >= 0.3 is 5.97 Å². The zero-order chi connectivity index (χ0) is 12.1. The molecule has 0 aliphatic heterocycles. The van der Waals surface area contributed by atoms with E-state index in [-0.39, 0.29) is 5.41 Å². The van der Waals surface area contributed by atoms with Crippen molar-refractivity contribution in [1.82, 2.24) is 4.98 Å². The topological polar surface area (TPSA) is 50.2 Å². The van der Waals surface area contributed by atoms with Crippen LogP contribution >= 0.6 is 11.3 Å². The van der Waals surface area contributed by atoms with E-state index in [2.05, 4.69) is 18.8 Å². The predicted molar refractivity (Wildman–Crippen MR) is 63.9 cm³/mol. The normalized spacial score (nSPS) is 27.1. The molecule has 1 aliphatic carbocycles. The Morgan fingerprint density at radius 3 is 2.44 bits per heavy atom. The van der Waals surface area contributed by atoms with E-state index in [1.165, 1.54) is 0 Å². The molecule has 4 heteroatoms. The summed E-state index contributed by atoms with van der Waals surface area (Å²) in [4.78, 5) is 16.7. The molecule has 1 N–H and O–H groups in total. The van der Waals surface area contributed by atoms with Gasteiger partial charge < -0.3 is 5.11 Å². The van der Waals surface area contributed by atoms with Crippen LogP contribution < -0.4 is 0 Å². The standard InChI is InChI=1S/C12H17NO2S/c1-7(2)9-13-5-8(16-9)12(10(14)15)6-11(12,3)4/h5,7H,6H2,1-4H3,(H,14,15). The molecule has 88 valence electrons. The van der Waals surface area contributed by atoms with Gasteiger partial charge in [-0.1, -0.05) is 27.7 Å². The second-order valence-corrected chi connectivity index (χ2v) is 6.55. The molecule has 1 aliphatic rings. The molecule has 0 radical (unpaired) electrons. The fraction of sp³-hybridized carbons (Fsp3) is 0.667. The molecule has 0 spiro atoms. The number of thiazole rings is 1. The number of carboxylic acid groups (broad SMARTS) is 1. The van der Waals surface area contributed by atoms with Crippen LogP contribution in [0.1, 0.15) is 49.9 Å². The Morgan fingerprint density at radius 2 is 2.12 bits per heavy atom. The third-order valence-electron chi connectivity index (χ3n) is 3.54. The molecule has 0 saturated heterocycles. The summed E-state index contributed by atoms with van der Waals surface area (Å²) in [6.07, 6.45) is 2.47. The lowest BCUT2D eigenvalue weighted by Crippen LogP contribution is -2.24. The Bertz CT molecular complexity index is 436. The van der Waals surface area contributed by atoms with E-state index in [1.54, 1.807) is 17.5 Å². The lowest BCUT2D eigenvalue weighted by molar-refractivity contribution is -0.140. The lowest BCUT2D eigenvalue weighted by Gasteiger charge is -2.12. The third kappa shape index (κ3) is 1.39. The average Bonchev–Trinajstić information content (AvgIpc) is 2.61. The largest absolute Gasteiger partial charge is 0.481 e. The molecule has 2 rings (SSSR count). The van der Waals surface area contributed by atoms with Gasteiger partial charge in [0.05, 0.1) is 5.01 Å². The lowest BCUT2D eigenvalue weighted by atomic mass is 9.95. The zero-order valence-corrected chi connectivity index (χ0v) is 10.9. The SMILES string of the molecule is CC(C)c1ncc(C2(C(=O)O)CC2(C)C)s1. The molecule has 1 aromatic heterocycles. The highest BCUT2D eigenvalue weighted by Gasteiger charge is 2.68. The van der Waals surface area contributed by atoms with E-state index in [1.807, 2.05) is 13.8 Å². The van der Waals surface area contributed by atoms with E-state index in [0.717, 1.165) is 16.3 Å². The minimum absolute atomic E-state index is 0.139. The molecule has 1 fully saturated rings. The first-order chi connectivity index (χ1) is 7.31.